The van der Waals surface area contributed by atoms with E-state index >= 15 is 0 Å². The number of aliphatic hydroxyl groups is 1. The second-order valence-electron chi connectivity index (χ2n) is 4.68. The number of carboxylic acids is 1. The quantitative estimate of drug-likeness (QED) is 0.779. The first-order valence-electron chi connectivity index (χ1n) is 6.23. The number of piperidine rings is 1. The number of anilines is 1. The van der Waals surface area contributed by atoms with Crippen LogP contribution in [0.1, 0.15) is 23.2 Å². The summed E-state index contributed by atoms with van der Waals surface area (Å²) in [5.41, 5.74) is 0.355. The summed E-state index contributed by atoms with van der Waals surface area (Å²) in [6, 6.07) is 3.84. The van der Waals surface area contributed by atoms with Gasteiger partial charge in [-0.2, -0.15) is 0 Å². The smallest absolute Gasteiger partial charge is 0.335 e. The van der Waals surface area contributed by atoms with Crippen molar-refractivity contribution < 1.29 is 19.8 Å². The molecule has 1 aliphatic rings. The number of carboxylic acid groups (broad SMARTS) is 1. The number of carbonyl (C=O) groups excluding carboxylic acids is 1. The van der Waals surface area contributed by atoms with Crippen LogP contribution in [0.3, 0.4) is 0 Å². The normalized spacial score (nSPS) is 16.0. The molecule has 0 saturated carbocycles. The van der Waals surface area contributed by atoms with Gasteiger partial charge in [0.1, 0.15) is 0 Å². The van der Waals surface area contributed by atoms with Crippen LogP contribution in [0.25, 0.3) is 0 Å². The molecular formula is C13H15ClN2O4. The standard InChI is InChI=1S/C13H15ClN2O4/c14-9-5-8(12(18)19)6-10(7-9)15-13(20)16-3-1-11(17)2-4-16/h5-7,11,17H,1-4H2,(H,15,20)(H,18,19). The highest BCUT2D eigenvalue weighted by Crippen LogP contribution is 2.20. The van der Waals surface area contributed by atoms with E-state index < -0.39 is 5.97 Å². The molecule has 0 radical (unpaired) electrons. The zero-order valence-corrected chi connectivity index (χ0v) is 11.4. The molecule has 108 valence electrons. The number of rotatable bonds is 2. The molecule has 1 aromatic rings. The number of urea groups is 1. The summed E-state index contributed by atoms with van der Waals surface area (Å²) in [6.07, 6.45) is 0.732. The summed E-state index contributed by atoms with van der Waals surface area (Å²) >= 11 is 5.82. The molecule has 1 aliphatic heterocycles. The zero-order valence-electron chi connectivity index (χ0n) is 10.7. The lowest BCUT2D eigenvalue weighted by Crippen LogP contribution is -2.42. The van der Waals surface area contributed by atoms with Gasteiger partial charge in [-0.1, -0.05) is 11.6 Å². The number of amides is 2. The Morgan fingerprint density at radius 1 is 1.25 bits per heavy atom. The van der Waals surface area contributed by atoms with Crippen molar-refractivity contribution in [3.63, 3.8) is 0 Å². The number of benzene rings is 1. The van der Waals surface area contributed by atoms with E-state index in [1.807, 2.05) is 0 Å². The van der Waals surface area contributed by atoms with E-state index in [1.165, 1.54) is 18.2 Å². The van der Waals surface area contributed by atoms with Gasteiger partial charge in [-0.15, -0.1) is 0 Å². The van der Waals surface area contributed by atoms with Crippen molar-refractivity contribution in [3.8, 4) is 0 Å². The van der Waals surface area contributed by atoms with Crippen molar-refractivity contribution in [2.45, 2.75) is 18.9 Å². The predicted octanol–water partition coefficient (Wildman–Crippen LogP) is 2.03. The van der Waals surface area contributed by atoms with Gasteiger partial charge in [0, 0.05) is 23.8 Å². The molecule has 1 aromatic carbocycles. The minimum absolute atomic E-state index is 0.0156. The third kappa shape index (κ3) is 3.61. The van der Waals surface area contributed by atoms with Gasteiger partial charge in [0.2, 0.25) is 0 Å². The van der Waals surface area contributed by atoms with E-state index in [0.29, 0.717) is 31.6 Å². The molecule has 2 rings (SSSR count). The molecule has 7 heteroatoms. The Morgan fingerprint density at radius 3 is 2.50 bits per heavy atom. The second-order valence-corrected chi connectivity index (χ2v) is 5.12. The minimum atomic E-state index is -1.11. The van der Waals surface area contributed by atoms with Crippen LogP contribution < -0.4 is 5.32 Å². The number of likely N-dealkylation sites (tertiary alicyclic amines) is 1. The number of nitrogens with zero attached hydrogens (tertiary/aromatic N) is 1. The number of hydrogen-bond donors (Lipinski definition) is 3. The first-order chi connectivity index (χ1) is 9.45. The molecular weight excluding hydrogens is 284 g/mol. The number of nitrogens with one attached hydrogen (secondary N) is 1. The van der Waals surface area contributed by atoms with Gasteiger partial charge in [0.05, 0.1) is 11.7 Å². The summed E-state index contributed by atoms with van der Waals surface area (Å²) in [5, 5.41) is 21.2. The second kappa shape index (κ2) is 6.11. The average molecular weight is 299 g/mol. The van der Waals surface area contributed by atoms with E-state index in [2.05, 4.69) is 5.32 Å². The Hall–Kier alpha value is -1.79. The van der Waals surface area contributed by atoms with E-state index in [1.54, 1.807) is 4.90 Å². The van der Waals surface area contributed by atoms with Crippen molar-refractivity contribution in [2.75, 3.05) is 18.4 Å². The van der Waals surface area contributed by atoms with E-state index in [4.69, 9.17) is 16.7 Å². The lowest BCUT2D eigenvalue weighted by molar-refractivity contribution is 0.0696. The highest BCUT2D eigenvalue weighted by Gasteiger charge is 2.21. The van der Waals surface area contributed by atoms with Crippen LogP contribution in [0.15, 0.2) is 18.2 Å². The number of halogens is 1. The fourth-order valence-corrected chi connectivity index (χ4v) is 2.29. The first-order valence-corrected chi connectivity index (χ1v) is 6.61. The highest BCUT2D eigenvalue weighted by molar-refractivity contribution is 6.31. The SMILES string of the molecule is O=C(O)c1cc(Cl)cc(NC(=O)N2CCC(O)CC2)c1. The maximum atomic E-state index is 12.0. The molecule has 0 bridgehead atoms. The molecule has 1 saturated heterocycles. The Kier molecular flexibility index (Phi) is 4.46. The number of carbonyl (C=O) groups is 2. The van der Waals surface area contributed by atoms with E-state index in [0.717, 1.165) is 0 Å². The molecule has 0 aliphatic carbocycles. The van der Waals surface area contributed by atoms with Crippen molar-refractivity contribution in [3.05, 3.63) is 28.8 Å². The maximum absolute atomic E-state index is 12.0. The van der Waals surface area contributed by atoms with Gasteiger partial charge in [0.15, 0.2) is 0 Å². The molecule has 0 aromatic heterocycles. The zero-order chi connectivity index (χ0) is 14.7. The van der Waals surface area contributed by atoms with Gasteiger partial charge < -0.3 is 20.4 Å². The van der Waals surface area contributed by atoms with Gasteiger partial charge in [-0.05, 0) is 31.0 Å². The highest BCUT2D eigenvalue weighted by atomic mass is 35.5. The Morgan fingerprint density at radius 2 is 1.90 bits per heavy atom. The third-order valence-electron chi connectivity index (χ3n) is 3.15. The van der Waals surface area contributed by atoms with Crippen LogP contribution in [0, 0.1) is 0 Å². The molecule has 0 unspecified atom stereocenters. The summed E-state index contributed by atoms with van der Waals surface area (Å²) < 4.78 is 0. The Labute approximate surface area is 121 Å². The summed E-state index contributed by atoms with van der Waals surface area (Å²) in [4.78, 5) is 24.5. The van der Waals surface area contributed by atoms with Gasteiger partial charge in [-0.3, -0.25) is 0 Å². The molecule has 1 fully saturated rings. The van der Waals surface area contributed by atoms with Crippen molar-refractivity contribution >= 4 is 29.3 Å². The minimum Gasteiger partial charge on any atom is -0.478 e. The summed E-state index contributed by atoms with van der Waals surface area (Å²) in [5.74, 6) is -1.11. The first kappa shape index (κ1) is 14.6. The summed E-state index contributed by atoms with van der Waals surface area (Å²) in [6.45, 7) is 0.943. The van der Waals surface area contributed by atoms with Crippen LogP contribution in [0.2, 0.25) is 5.02 Å². The molecule has 2 amide bonds. The van der Waals surface area contributed by atoms with Gasteiger partial charge in [0.25, 0.3) is 0 Å². The maximum Gasteiger partial charge on any atom is 0.335 e. The van der Waals surface area contributed by atoms with Gasteiger partial charge in [-0.25, -0.2) is 9.59 Å². The molecule has 0 spiro atoms. The molecule has 0 atom stereocenters. The molecule has 6 nitrogen and oxygen atoms in total. The van der Waals surface area contributed by atoms with E-state index in [9.17, 15) is 14.7 Å². The van der Waals surface area contributed by atoms with Crippen molar-refractivity contribution in [1.82, 2.24) is 4.90 Å². The van der Waals surface area contributed by atoms with E-state index in [-0.39, 0.29) is 22.7 Å². The van der Waals surface area contributed by atoms with Crippen molar-refractivity contribution in [1.29, 1.82) is 0 Å². The molecule has 3 N–H and O–H groups in total. The average Bonchev–Trinajstić information content (AvgIpc) is 2.38. The Bertz CT molecular complexity index is 527. The van der Waals surface area contributed by atoms with Crippen LogP contribution in [0.5, 0.6) is 0 Å². The van der Waals surface area contributed by atoms with Crippen molar-refractivity contribution in [2.24, 2.45) is 0 Å². The van der Waals surface area contributed by atoms with Crippen LogP contribution in [-0.2, 0) is 0 Å². The molecule has 1 heterocycles. The number of aliphatic hydroxyl groups excluding tert-OH is 1. The lowest BCUT2D eigenvalue weighted by atomic mass is 10.1. The van der Waals surface area contributed by atoms with Crippen LogP contribution in [-0.4, -0.2) is 46.3 Å². The fourth-order valence-electron chi connectivity index (χ4n) is 2.06. The third-order valence-corrected chi connectivity index (χ3v) is 3.37. The molecule has 20 heavy (non-hydrogen) atoms. The van der Waals surface area contributed by atoms with Gasteiger partial charge >= 0.3 is 12.0 Å². The fraction of sp³-hybridized carbons (Fsp3) is 0.385. The monoisotopic (exact) mass is 298 g/mol. The topological polar surface area (TPSA) is 89.9 Å². The Balaban J connectivity index is 2.06. The lowest BCUT2D eigenvalue weighted by Gasteiger charge is -2.29. The number of aromatic carboxylic acids is 1. The van der Waals surface area contributed by atoms with Crippen LogP contribution >= 0.6 is 11.6 Å². The van der Waals surface area contributed by atoms with Crippen LogP contribution in [0.4, 0.5) is 10.5 Å². The number of hydrogen-bond acceptors (Lipinski definition) is 3. The summed E-state index contributed by atoms with van der Waals surface area (Å²) in [7, 11) is 0. The largest absolute Gasteiger partial charge is 0.478 e. The predicted molar refractivity (Wildman–Crippen MR) is 74.2 cm³/mol.